The fourth-order valence-electron chi connectivity index (χ4n) is 3.20. The minimum atomic E-state index is -0.659. The summed E-state index contributed by atoms with van der Waals surface area (Å²) in [4.78, 5) is 12.3. The molecule has 0 aromatic carbocycles. The van der Waals surface area contributed by atoms with Crippen LogP contribution in [0.2, 0.25) is 0 Å². The van der Waals surface area contributed by atoms with Gasteiger partial charge in [0, 0.05) is 12.5 Å². The SMILES string of the molecule is CCn1c(SCC(=O)NC2(C#N)CCCCC2)nnc1C1CC1. The molecule has 0 spiro atoms. The molecule has 1 heterocycles. The van der Waals surface area contributed by atoms with Crippen LogP contribution in [0.15, 0.2) is 5.16 Å². The van der Waals surface area contributed by atoms with Crippen molar-refractivity contribution in [2.75, 3.05) is 5.75 Å². The van der Waals surface area contributed by atoms with Gasteiger partial charge in [-0.1, -0.05) is 31.0 Å². The van der Waals surface area contributed by atoms with Crippen LogP contribution in [0.5, 0.6) is 0 Å². The third-order valence-corrected chi connectivity index (χ3v) is 5.60. The van der Waals surface area contributed by atoms with Crippen molar-refractivity contribution in [3.8, 4) is 6.07 Å². The zero-order chi connectivity index (χ0) is 16.3. The molecule has 2 saturated carbocycles. The lowest BCUT2D eigenvalue weighted by molar-refractivity contribution is -0.120. The van der Waals surface area contributed by atoms with Crippen molar-refractivity contribution in [2.45, 2.75) is 75.0 Å². The molecule has 2 aliphatic rings. The Morgan fingerprint density at radius 1 is 1.39 bits per heavy atom. The Balaban J connectivity index is 1.57. The van der Waals surface area contributed by atoms with E-state index in [9.17, 15) is 10.1 Å². The number of hydrogen-bond acceptors (Lipinski definition) is 5. The summed E-state index contributed by atoms with van der Waals surface area (Å²) in [6, 6.07) is 2.32. The molecule has 0 unspecified atom stereocenters. The Morgan fingerprint density at radius 2 is 2.13 bits per heavy atom. The van der Waals surface area contributed by atoms with Crippen LogP contribution in [0.4, 0.5) is 0 Å². The highest BCUT2D eigenvalue weighted by Gasteiger charge is 2.34. The van der Waals surface area contributed by atoms with Crippen LogP contribution in [0.3, 0.4) is 0 Å². The molecule has 7 heteroatoms. The van der Waals surface area contributed by atoms with E-state index >= 15 is 0 Å². The fraction of sp³-hybridized carbons (Fsp3) is 0.750. The van der Waals surface area contributed by atoms with Crippen LogP contribution in [0.25, 0.3) is 0 Å². The van der Waals surface area contributed by atoms with E-state index < -0.39 is 5.54 Å². The van der Waals surface area contributed by atoms with Gasteiger partial charge >= 0.3 is 0 Å². The Morgan fingerprint density at radius 3 is 2.74 bits per heavy atom. The minimum absolute atomic E-state index is 0.0860. The van der Waals surface area contributed by atoms with E-state index in [1.807, 2.05) is 0 Å². The topological polar surface area (TPSA) is 83.6 Å². The van der Waals surface area contributed by atoms with E-state index in [0.717, 1.165) is 49.6 Å². The van der Waals surface area contributed by atoms with Gasteiger partial charge in [-0.3, -0.25) is 4.79 Å². The van der Waals surface area contributed by atoms with Gasteiger partial charge in [-0.2, -0.15) is 5.26 Å². The molecule has 6 nitrogen and oxygen atoms in total. The number of nitriles is 1. The molecule has 1 aromatic rings. The summed E-state index contributed by atoms with van der Waals surface area (Å²) in [7, 11) is 0. The highest BCUT2D eigenvalue weighted by Crippen LogP contribution is 2.40. The van der Waals surface area contributed by atoms with Crippen molar-refractivity contribution < 1.29 is 4.79 Å². The van der Waals surface area contributed by atoms with Crippen LogP contribution in [-0.2, 0) is 11.3 Å². The number of carbonyl (C=O) groups excluding carboxylic acids is 1. The number of amides is 1. The minimum Gasteiger partial charge on any atom is -0.337 e. The zero-order valence-corrected chi connectivity index (χ0v) is 14.4. The summed E-state index contributed by atoms with van der Waals surface area (Å²) >= 11 is 1.41. The van der Waals surface area contributed by atoms with Crippen molar-refractivity contribution in [3.63, 3.8) is 0 Å². The quantitative estimate of drug-likeness (QED) is 0.809. The lowest BCUT2D eigenvalue weighted by atomic mass is 9.83. The first-order valence-electron chi connectivity index (χ1n) is 8.45. The number of thioether (sulfide) groups is 1. The van der Waals surface area contributed by atoms with Crippen LogP contribution in [0.1, 0.15) is 63.6 Å². The van der Waals surface area contributed by atoms with Gasteiger partial charge in [0.1, 0.15) is 11.4 Å². The lowest BCUT2D eigenvalue weighted by Gasteiger charge is -2.31. The number of rotatable bonds is 6. The lowest BCUT2D eigenvalue weighted by Crippen LogP contribution is -2.49. The molecule has 0 aliphatic heterocycles. The van der Waals surface area contributed by atoms with Gasteiger partial charge in [0.25, 0.3) is 0 Å². The van der Waals surface area contributed by atoms with E-state index in [4.69, 9.17) is 0 Å². The molecule has 1 amide bonds. The Bertz CT molecular complexity index is 610. The first kappa shape index (κ1) is 16.3. The van der Waals surface area contributed by atoms with Gasteiger partial charge in [-0.05, 0) is 32.6 Å². The molecule has 2 aliphatic carbocycles. The fourth-order valence-corrected chi connectivity index (χ4v) is 4.01. The highest BCUT2D eigenvalue weighted by atomic mass is 32.2. The predicted octanol–water partition coefficient (Wildman–Crippen LogP) is 2.61. The standard InChI is InChI=1S/C16H23N5OS/c1-2-21-14(12-6-7-12)19-20-15(21)23-10-13(22)18-16(11-17)8-4-3-5-9-16/h12H,2-10H2,1H3,(H,18,22). The van der Waals surface area contributed by atoms with Gasteiger partial charge < -0.3 is 9.88 Å². The molecule has 1 aromatic heterocycles. The van der Waals surface area contributed by atoms with Crippen LogP contribution >= 0.6 is 11.8 Å². The normalized spacial score (nSPS) is 20.0. The van der Waals surface area contributed by atoms with Crippen LogP contribution in [0, 0.1) is 11.3 Å². The monoisotopic (exact) mass is 333 g/mol. The molecular formula is C16H23N5OS. The summed E-state index contributed by atoms with van der Waals surface area (Å²) in [5.74, 6) is 1.80. The molecule has 0 atom stereocenters. The number of nitrogens with one attached hydrogen (secondary N) is 1. The van der Waals surface area contributed by atoms with Crippen molar-refractivity contribution >= 4 is 17.7 Å². The smallest absolute Gasteiger partial charge is 0.231 e. The number of nitrogens with zero attached hydrogens (tertiary/aromatic N) is 4. The molecule has 124 valence electrons. The first-order valence-corrected chi connectivity index (χ1v) is 9.44. The van der Waals surface area contributed by atoms with Crippen LogP contribution < -0.4 is 5.32 Å². The van der Waals surface area contributed by atoms with Gasteiger partial charge in [0.2, 0.25) is 5.91 Å². The van der Waals surface area contributed by atoms with Crippen molar-refractivity contribution in [3.05, 3.63) is 5.82 Å². The summed E-state index contributed by atoms with van der Waals surface area (Å²) in [6.07, 6.45) is 7.07. The summed E-state index contributed by atoms with van der Waals surface area (Å²) < 4.78 is 2.11. The van der Waals surface area contributed by atoms with Crippen molar-refractivity contribution in [2.24, 2.45) is 0 Å². The molecule has 1 N–H and O–H groups in total. The van der Waals surface area contributed by atoms with E-state index in [0.29, 0.717) is 5.92 Å². The average Bonchev–Trinajstić information content (AvgIpc) is 3.33. The average molecular weight is 333 g/mol. The van der Waals surface area contributed by atoms with Gasteiger partial charge in [-0.15, -0.1) is 10.2 Å². The van der Waals surface area contributed by atoms with Gasteiger partial charge in [0.15, 0.2) is 5.16 Å². The maximum absolute atomic E-state index is 12.3. The number of carbonyl (C=O) groups is 1. The molecule has 2 fully saturated rings. The van der Waals surface area contributed by atoms with E-state index in [1.165, 1.54) is 24.6 Å². The molecule has 0 saturated heterocycles. The molecule has 3 rings (SSSR count). The second-order valence-electron chi connectivity index (χ2n) is 6.45. The number of aromatic nitrogens is 3. The highest BCUT2D eigenvalue weighted by molar-refractivity contribution is 7.99. The summed E-state index contributed by atoms with van der Waals surface area (Å²) in [6.45, 7) is 2.90. The third-order valence-electron chi connectivity index (χ3n) is 4.64. The maximum atomic E-state index is 12.3. The second kappa shape index (κ2) is 6.91. The van der Waals surface area contributed by atoms with Crippen molar-refractivity contribution in [1.82, 2.24) is 20.1 Å². The van der Waals surface area contributed by atoms with Gasteiger partial charge in [0.05, 0.1) is 11.8 Å². The molecule has 23 heavy (non-hydrogen) atoms. The molecule has 0 bridgehead atoms. The Hall–Kier alpha value is -1.55. The molecule has 0 radical (unpaired) electrons. The first-order chi connectivity index (χ1) is 11.2. The zero-order valence-electron chi connectivity index (χ0n) is 13.5. The second-order valence-corrected chi connectivity index (χ2v) is 7.39. The largest absolute Gasteiger partial charge is 0.337 e. The van der Waals surface area contributed by atoms with E-state index in [-0.39, 0.29) is 11.7 Å². The Labute approximate surface area is 141 Å². The summed E-state index contributed by atoms with van der Waals surface area (Å²) in [5.41, 5.74) is -0.659. The van der Waals surface area contributed by atoms with Crippen molar-refractivity contribution in [1.29, 1.82) is 5.26 Å². The summed E-state index contributed by atoms with van der Waals surface area (Å²) in [5, 5.41) is 21.7. The predicted molar refractivity (Wildman–Crippen MR) is 88.0 cm³/mol. The Kier molecular flexibility index (Phi) is 4.90. The number of hydrogen-bond donors (Lipinski definition) is 1. The van der Waals surface area contributed by atoms with E-state index in [2.05, 4.69) is 33.1 Å². The maximum Gasteiger partial charge on any atom is 0.231 e. The third kappa shape index (κ3) is 3.69. The molecular weight excluding hydrogens is 310 g/mol. The van der Waals surface area contributed by atoms with E-state index in [1.54, 1.807) is 0 Å². The van der Waals surface area contributed by atoms with Gasteiger partial charge in [-0.25, -0.2) is 0 Å². The van der Waals surface area contributed by atoms with Crippen LogP contribution in [-0.4, -0.2) is 32.0 Å².